The van der Waals surface area contributed by atoms with Gasteiger partial charge in [-0.15, -0.1) is 0 Å². The van der Waals surface area contributed by atoms with Crippen LogP contribution in [-0.2, 0) is 11.3 Å². The molecule has 3 aromatic rings. The number of carbonyl (C=O) groups excluding carboxylic acids is 1. The number of nitrogens with one attached hydrogen (secondary N) is 1. The highest BCUT2D eigenvalue weighted by Gasteiger charge is 2.17. The van der Waals surface area contributed by atoms with Gasteiger partial charge < -0.3 is 24.1 Å². The van der Waals surface area contributed by atoms with Gasteiger partial charge in [0.2, 0.25) is 0 Å². The molecule has 0 saturated carbocycles. The van der Waals surface area contributed by atoms with Crippen LogP contribution in [0, 0.1) is 6.92 Å². The van der Waals surface area contributed by atoms with Crippen LogP contribution >= 0.6 is 0 Å². The van der Waals surface area contributed by atoms with Gasteiger partial charge in [0, 0.05) is 13.7 Å². The molecule has 0 spiro atoms. The number of amides is 2. The Kier molecular flexibility index (Phi) is 6.70. The number of nitrogens with zero attached hydrogens (tertiary/aromatic N) is 1. The number of carbonyl (C=O) groups is 1. The number of para-hydroxylation sites is 2. The Morgan fingerprint density at radius 2 is 1.96 bits per heavy atom. The van der Waals surface area contributed by atoms with Gasteiger partial charge in [-0.3, -0.25) is 0 Å². The summed E-state index contributed by atoms with van der Waals surface area (Å²) in [6.45, 7) is 3.21. The van der Waals surface area contributed by atoms with Crippen LogP contribution in [0.5, 0.6) is 11.5 Å². The maximum absolute atomic E-state index is 12.9. The molecule has 6 heteroatoms. The van der Waals surface area contributed by atoms with Crippen LogP contribution < -0.4 is 10.1 Å². The first-order valence-electron chi connectivity index (χ1n) is 9.06. The third kappa shape index (κ3) is 5.37. The molecular weight excluding hydrogens is 356 g/mol. The Morgan fingerprint density at radius 3 is 2.71 bits per heavy atom. The summed E-state index contributed by atoms with van der Waals surface area (Å²) in [5.74, 6) is 2.00. The Labute approximate surface area is 164 Å². The number of furan rings is 1. The second kappa shape index (κ2) is 9.62. The van der Waals surface area contributed by atoms with E-state index in [0.29, 0.717) is 42.6 Å². The van der Waals surface area contributed by atoms with E-state index in [1.807, 2.05) is 61.5 Å². The first kappa shape index (κ1) is 19.5. The number of aryl methyl sites for hydroxylation is 1. The zero-order valence-corrected chi connectivity index (χ0v) is 16.1. The second-order valence-electron chi connectivity index (χ2n) is 6.34. The minimum absolute atomic E-state index is 0.256. The van der Waals surface area contributed by atoms with Crippen molar-refractivity contribution in [1.29, 1.82) is 0 Å². The molecule has 6 nitrogen and oxygen atoms in total. The van der Waals surface area contributed by atoms with E-state index in [9.17, 15) is 4.79 Å². The molecule has 0 unspecified atom stereocenters. The number of hydrogen-bond acceptors (Lipinski definition) is 4. The van der Waals surface area contributed by atoms with Crippen molar-refractivity contribution in [2.45, 2.75) is 13.5 Å². The highest BCUT2D eigenvalue weighted by Crippen LogP contribution is 2.30. The lowest BCUT2D eigenvalue weighted by Gasteiger charge is -2.22. The van der Waals surface area contributed by atoms with E-state index >= 15 is 0 Å². The van der Waals surface area contributed by atoms with Gasteiger partial charge in [0.25, 0.3) is 0 Å². The van der Waals surface area contributed by atoms with Crippen molar-refractivity contribution < 1.29 is 18.7 Å². The van der Waals surface area contributed by atoms with Gasteiger partial charge in [0.05, 0.1) is 25.1 Å². The van der Waals surface area contributed by atoms with Gasteiger partial charge in [-0.05, 0) is 48.9 Å². The number of methoxy groups -OCH3 is 1. The number of benzene rings is 2. The van der Waals surface area contributed by atoms with E-state index in [1.54, 1.807) is 24.3 Å². The monoisotopic (exact) mass is 380 g/mol. The van der Waals surface area contributed by atoms with Crippen molar-refractivity contribution in [3.63, 3.8) is 0 Å². The minimum atomic E-state index is -0.256. The Bertz CT molecular complexity index is 893. The lowest BCUT2D eigenvalue weighted by atomic mass is 10.2. The summed E-state index contributed by atoms with van der Waals surface area (Å²) < 4.78 is 16.5. The van der Waals surface area contributed by atoms with Gasteiger partial charge in [0.1, 0.15) is 11.5 Å². The first-order valence-corrected chi connectivity index (χ1v) is 9.06. The minimum Gasteiger partial charge on any atom is -0.467 e. The van der Waals surface area contributed by atoms with E-state index < -0.39 is 0 Å². The van der Waals surface area contributed by atoms with Crippen LogP contribution in [0.1, 0.15) is 11.3 Å². The number of anilines is 1. The maximum atomic E-state index is 12.9. The number of urea groups is 1. The van der Waals surface area contributed by atoms with Gasteiger partial charge >= 0.3 is 6.03 Å². The predicted octanol–water partition coefficient (Wildman–Crippen LogP) is 5.06. The van der Waals surface area contributed by atoms with Gasteiger partial charge in [-0.1, -0.05) is 24.3 Å². The molecule has 0 atom stereocenters. The molecule has 28 heavy (non-hydrogen) atoms. The Hall–Kier alpha value is -3.25. The average molecular weight is 380 g/mol. The zero-order valence-electron chi connectivity index (χ0n) is 16.1. The SMILES string of the molecule is COCCN(Cc1ccco1)C(=O)Nc1ccccc1Oc1cccc(C)c1. The van der Waals surface area contributed by atoms with Gasteiger partial charge in [-0.25, -0.2) is 4.79 Å². The molecule has 0 aliphatic carbocycles. The smallest absolute Gasteiger partial charge is 0.322 e. The fourth-order valence-electron chi connectivity index (χ4n) is 2.70. The van der Waals surface area contributed by atoms with Crippen molar-refractivity contribution in [3.8, 4) is 11.5 Å². The molecule has 2 amide bonds. The lowest BCUT2D eigenvalue weighted by Crippen LogP contribution is -2.36. The molecule has 2 aromatic carbocycles. The summed E-state index contributed by atoms with van der Waals surface area (Å²) in [5.41, 5.74) is 1.69. The fraction of sp³-hybridized carbons (Fsp3) is 0.227. The summed E-state index contributed by atoms with van der Waals surface area (Å²) in [6.07, 6.45) is 1.59. The van der Waals surface area contributed by atoms with Gasteiger partial charge in [0.15, 0.2) is 5.75 Å². The van der Waals surface area contributed by atoms with Crippen LogP contribution in [0.15, 0.2) is 71.3 Å². The molecule has 0 aliphatic heterocycles. The standard InChI is InChI=1S/C22H24N2O4/c1-17-7-5-8-18(15-17)28-21-11-4-3-10-20(21)23-22(25)24(12-14-26-2)16-19-9-6-13-27-19/h3-11,13,15H,12,14,16H2,1-2H3,(H,23,25). The summed E-state index contributed by atoms with van der Waals surface area (Å²) >= 11 is 0. The molecular formula is C22H24N2O4. The van der Waals surface area contributed by atoms with Crippen molar-refractivity contribution >= 4 is 11.7 Å². The summed E-state index contributed by atoms with van der Waals surface area (Å²) in [4.78, 5) is 14.5. The molecule has 3 rings (SSSR count). The molecule has 1 aromatic heterocycles. The number of rotatable bonds is 8. The summed E-state index contributed by atoms with van der Waals surface area (Å²) in [7, 11) is 1.61. The lowest BCUT2D eigenvalue weighted by molar-refractivity contribution is 0.149. The molecule has 146 valence electrons. The van der Waals surface area contributed by atoms with Crippen LogP contribution in [0.4, 0.5) is 10.5 Å². The quantitative estimate of drug-likeness (QED) is 0.593. The van der Waals surface area contributed by atoms with Gasteiger partial charge in [-0.2, -0.15) is 0 Å². The van der Waals surface area contributed by atoms with Crippen molar-refractivity contribution in [2.24, 2.45) is 0 Å². The number of hydrogen-bond donors (Lipinski definition) is 1. The number of ether oxygens (including phenoxy) is 2. The van der Waals surface area contributed by atoms with Crippen molar-refractivity contribution in [3.05, 3.63) is 78.3 Å². The molecule has 0 aliphatic rings. The van der Waals surface area contributed by atoms with E-state index in [2.05, 4.69) is 5.32 Å². The van der Waals surface area contributed by atoms with E-state index in [1.165, 1.54) is 0 Å². The second-order valence-corrected chi connectivity index (χ2v) is 6.34. The molecule has 1 N–H and O–H groups in total. The highest BCUT2D eigenvalue weighted by atomic mass is 16.5. The van der Waals surface area contributed by atoms with Crippen molar-refractivity contribution in [1.82, 2.24) is 4.90 Å². The summed E-state index contributed by atoms with van der Waals surface area (Å²) in [6, 6.07) is 18.5. The summed E-state index contributed by atoms with van der Waals surface area (Å²) in [5, 5.41) is 2.93. The topological polar surface area (TPSA) is 63.9 Å². The first-order chi connectivity index (χ1) is 13.7. The fourth-order valence-corrected chi connectivity index (χ4v) is 2.70. The zero-order chi connectivity index (χ0) is 19.8. The molecule has 0 fully saturated rings. The third-order valence-electron chi connectivity index (χ3n) is 4.13. The van der Waals surface area contributed by atoms with Crippen molar-refractivity contribution in [2.75, 3.05) is 25.6 Å². The molecule has 0 radical (unpaired) electrons. The van der Waals surface area contributed by atoms with E-state index in [-0.39, 0.29) is 6.03 Å². The Balaban J connectivity index is 1.74. The molecule has 0 bridgehead atoms. The molecule has 1 heterocycles. The van der Waals surface area contributed by atoms with Crippen LogP contribution in [0.25, 0.3) is 0 Å². The largest absolute Gasteiger partial charge is 0.467 e. The average Bonchev–Trinajstić information content (AvgIpc) is 3.20. The third-order valence-corrected chi connectivity index (χ3v) is 4.13. The van der Waals surface area contributed by atoms with E-state index in [0.717, 1.165) is 5.56 Å². The predicted molar refractivity (Wildman–Crippen MR) is 108 cm³/mol. The van der Waals surface area contributed by atoms with E-state index in [4.69, 9.17) is 13.9 Å². The van der Waals surface area contributed by atoms with Crippen LogP contribution in [0.2, 0.25) is 0 Å². The highest BCUT2D eigenvalue weighted by molar-refractivity contribution is 5.91. The Morgan fingerprint density at radius 1 is 1.11 bits per heavy atom. The molecule has 0 saturated heterocycles. The normalized spacial score (nSPS) is 10.5. The maximum Gasteiger partial charge on any atom is 0.322 e. The van der Waals surface area contributed by atoms with Crippen LogP contribution in [0.3, 0.4) is 0 Å². The van der Waals surface area contributed by atoms with Crippen LogP contribution in [-0.4, -0.2) is 31.2 Å².